The first-order valence-corrected chi connectivity index (χ1v) is 7.26. The van der Waals surface area contributed by atoms with Crippen molar-refractivity contribution in [3.05, 3.63) is 71.6 Å². The number of allylic oxidation sites excluding steroid dienone is 2. The molecule has 0 spiro atoms. The van der Waals surface area contributed by atoms with Crippen LogP contribution in [0, 0.1) is 12.8 Å². The van der Waals surface area contributed by atoms with Crippen LogP contribution in [-0.2, 0) is 0 Å². The summed E-state index contributed by atoms with van der Waals surface area (Å²) in [5.74, 6) is 1.14. The third-order valence-electron chi connectivity index (χ3n) is 4.56. The highest BCUT2D eigenvalue weighted by Gasteiger charge is 2.37. The van der Waals surface area contributed by atoms with Gasteiger partial charge in [0.2, 0.25) is 0 Å². The molecule has 2 aliphatic rings. The van der Waals surface area contributed by atoms with Crippen LogP contribution in [0.1, 0.15) is 35.1 Å². The second kappa shape index (κ2) is 4.48. The van der Waals surface area contributed by atoms with Crippen LogP contribution in [-0.4, -0.2) is 4.98 Å². The van der Waals surface area contributed by atoms with Crippen molar-refractivity contribution in [2.24, 2.45) is 5.92 Å². The SMILES string of the molecule is Cc1ccc2c(c1)[C@H]1C=CC[C@H]1[C@H](c1cccnc1)N2. The molecule has 0 bridgehead atoms. The molecule has 0 saturated heterocycles. The lowest BCUT2D eigenvalue weighted by Crippen LogP contribution is -2.29. The predicted octanol–water partition coefficient (Wildman–Crippen LogP) is 4.22. The maximum absolute atomic E-state index is 4.28. The van der Waals surface area contributed by atoms with Crippen molar-refractivity contribution in [1.29, 1.82) is 0 Å². The van der Waals surface area contributed by atoms with E-state index in [0.717, 1.165) is 6.42 Å². The Morgan fingerprint density at radius 2 is 2.20 bits per heavy atom. The molecule has 1 aliphatic carbocycles. The van der Waals surface area contributed by atoms with Crippen LogP contribution in [0.15, 0.2) is 54.9 Å². The number of nitrogens with zero attached hydrogens (tertiary/aromatic N) is 1. The molecule has 1 aliphatic heterocycles. The average molecular weight is 262 g/mol. The fraction of sp³-hybridized carbons (Fsp3) is 0.278. The molecule has 1 aromatic carbocycles. The Hall–Kier alpha value is -2.09. The van der Waals surface area contributed by atoms with Crippen LogP contribution in [0.3, 0.4) is 0 Å². The highest BCUT2D eigenvalue weighted by Crippen LogP contribution is 2.49. The minimum absolute atomic E-state index is 0.360. The summed E-state index contributed by atoms with van der Waals surface area (Å²) in [4.78, 5) is 4.28. The molecule has 0 radical (unpaired) electrons. The number of anilines is 1. The number of hydrogen-bond acceptors (Lipinski definition) is 2. The minimum atomic E-state index is 0.360. The van der Waals surface area contributed by atoms with Gasteiger partial charge in [0.05, 0.1) is 6.04 Å². The number of pyridine rings is 1. The van der Waals surface area contributed by atoms with Crippen LogP contribution >= 0.6 is 0 Å². The molecule has 2 heterocycles. The third kappa shape index (κ3) is 1.75. The largest absolute Gasteiger partial charge is 0.378 e. The summed E-state index contributed by atoms with van der Waals surface area (Å²) in [5.41, 5.74) is 5.35. The molecular weight excluding hydrogens is 244 g/mol. The fourth-order valence-electron chi connectivity index (χ4n) is 3.60. The van der Waals surface area contributed by atoms with Crippen molar-refractivity contribution < 1.29 is 0 Å². The van der Waals surface area contributed by atoms with Gasteiger partial charge in [-0.15, -0.1) is 0 Å². The molecular formula is C18H18N2. The van der Waals surface area contributed by atoms with E-state index in [1.54, 1.807) is 0 Å². The van der Waals surface area contributed by atoms with Crippen molar-refractivity contribution in [3.63, 3.8) is 0 Å². The number of aryl methyl sites for hydroxylation is 1. The van der Waals surface area contributed by atoms with E-state index in [1.165, 1.54) is 22.4 Å². The van der Waals surface area contributed by atoms with Gasteiger partial charge in [0.25, 0.3) is 0 Å². The van der Waals surface area contributed by atoms with Gasteiger partial charge in [0.1, 0.15) is 0 Å². The van der Waals surface area contributed by atoms with Gasteiger partial charge in [-0.05, 0) is 42.5 Å². The molecule has 1 N–H and O–H groups in total. The third-order valence-corrected chi connectivity index (χ3v) is 4.56. The maximum Gasteiger partial charge on any atom is 0.0569 e. The number of rotatable bonds is 1. The molecule has 1 aromatic heterocycles. The van der Waals surface area contributed by atoms with E-state index in [0.29, 0.717) is 17.9 Å². The molecule has 0 unspecified atom stereocenters. The molecule has 0 amide bonds. The molecule has 100 valence electrons. The Kier molecular flexibility index (Phi) is 2.62. The lowest BCUT2D eigenvalue weighted by Gasteiger charge is -2.37. The number of nitrogens with one attached hydrogen (secondary N) is 1. The van der Waals surface area contributed by atoms with E-state index in [9.17, 15) is 0 Å². The normalized spacial score (nSPS) is 26.8. The van der Waals surface area contributed by atoms with Crippen LogP contribution in [0.25, 0.3) is 0 Å². The van der Waals surface area contributed by atoms with Crippen molar-refractivity contribution in [3.8, 4) is 0 Å². The van der Waals surface area contributed by atoms with Crippen molar-refractivity contribution in [1.82, 2.24) is 4.98 Å². The highest BCUT2D eigenvalue weighted by molar-refractivity contribution is 5.60. The predicted molar refractivity (Wildman–Crippen MR) is 81.8 cm³/mol. The lowest BCUT2D eigenvalue weighted by molar-refractivity contribution is 0.425. The van der Waals surface area contributed by atoms with Crippen LogP contribution in [0.4, 0.5) is 5.69 Å². The molecule has 0 fully saturated rings. The van der Waals surface area contributed by atoms with Gasteiger partial charge in [0, 0.05) is 24.0 Å². The summed E-state index contributed by atoms with van der Waals surface area (Å²) in [7, 11) is 0. The molecule has 4 rings (SSSR count). The summed E-state index contributed by atoms with van der Waals surface area (Å²) in [5, 5.41) is 3.73. The number of hydrogen-bond donors (Lipinski definition) is 1. The number of fused-ring (bicyclic) bond motifs is 3. The van der Waals surface area contributed by atoms with Gasteiger partial charge >= 0.3 is 0 Å². The van der Waals surface area contributed by atoms with Crippen LogP contribution < -0.4 is 5.32 Å². The van der Waals surface area contributed by atoms with Gasteiger partial charge in [-0.1, -0.05) is 35.9 Å². The lowest BCUT2D eigenvalue weighted by atomic mass is 9.77. The molecule has 2 nitrogen and oxygen atoms in total. The monoisotopic (exact) mass is 262 g/mol. The van der Waals surface area contributed by atoms with Crippen LogP contribution in [0.2, 0.25) is 0 Å². The summed E-state index contributed by atoms with van der Waals surface area (Å²) in [6.07, 6.45) is 9.69. The first kappa shape index (κ1) is 11.7. The Bertz CT molecular complexity index is 660. The Morgan fingerprint density at radius 1 is 1.25 bits per heavy atom. The van der Waals surface area contributed by atoms with Crippen LogP contribution in [0.5, 0.6) is 0 Å². The average Bonchev–Trinajstić information content (AvgIpc) is 2.97. The molecule has 3 atom stereocenters. The van der Waals surface area contributed by atoms with Gasteiger partial charge in [-0.3, -0.25) is 4.98 Å². The molecule has 0 saturated carbocycles. The summed E-state index contributed by atoms with van der Waals surface area (Å²) >= 11 is 0. The minimum Gasteiger partial charge on any atom is -0.378 e. The van der Waals surface area contributed by atoms with E-state index >= 15 is 0 Å². The van der Waals surface area contributed by atoms with Gasteiger partial charge in [-0.25, -0.2) is 0 Å². The molecule has 2 aromatic rings. The summed E-state index contributed by atoms with van der Waals surface area (Å²) in [6, 6.07) is 11.3. The van der Waals surface area contributed by atoms with Gasteiger partial charge < -0.3 is 5.32 Å². The first-order valence-electron chi connectivity index (χ1n) is 7.26. The second-order valence-electron chi connectivity index (χ2n) is 5.85. The highest BCUT2D eigenvalue weighted by atomic mass is 15.0. The fourth-order valence-corrected chi connectivity index (χ4v) is 3.60. The standard InChI is InChI=1S/C18H18N2/c1-12-7-8-17-16(10-12)14-5-2-6-15(14)18(20-17)13-4-3-9-19-11-13/h2-5,7-11,14-15,18,20H,6H2,1H3/t14-,15+,18-/m0/s1. The van der Waals surface area contributed by atoms with E-state index < -0.39 is 0 Å². The van der Waals surface area contributed by atoms with Gasteiger partial charge in [-0.2, -0.15) is 0 Å². The number of aromatic nitrogens is 1. The zero-order valence-electron chi connectivity index (χ0n) is 11.6. The summed E-state index contributed by atoms with van der Waals surface area (Å²) < 4.78 is 0. The molecule has 20 heavy (non-hydrogen) atoms. The Morgan fingerprint density at radius 3 is 3.05 bits per heavy atom. The van der Waals surface area contributed by atoms with E-state index in [-0.39, 0.29) is 0 Å². The Labute approximate surface area is 119 Å². The zero-order valence-corrected chi connectivity index (χ0v) is 11.6. The van der Waals surface area contributed by atoms with E-state index in [2.05, 4.69) is 53.6 Å². The molecule has 2 heteroatoms. The van der Waals surface area contributed by atoms with Crippen molar-refractivity contribution in [2.45, 2.75) is 25.3 Å². The maximum atomic E-state index is 4.28. The van der Waals surface area contributed by atoms with Crippen molar-refractivity contribution in [2.75, 3.05) is 5.32 Å². The number of benzene rings is 1. The van der Waals surface area contributed by atoms with E-state index in [1.807, 2.05) is 18.5 Å². The second-order valence-corrected chi connectivity index (χ2v) is 5.85. The smallest absolute Gasteiger partial charge is 0.0569 e. The topological polar surface area (TPSA) is 24.9 Å². The Balaban J connectivity index is 1.80. The zero-order chi connectivity index (χ0) is 13.5. The van der Waals surface area contributed by atoms with Crippen molar-refractivity contribution >= 4 is 5.69 Å². The first-order chi connectivity index (χ1) is 9.83. The summed E-state index contributed by atoms with van der Waals surface area (Å²) in [6.45, 7) is 2.17. The quantitative estimate of drug-likeness (QED) is 0.778. The van der Waals surface area contributed by atoms with Gasteiger partial charge in [0.15, 0.2) is 0 Å². The van der Waals surface area contributed by atoms with E-state index in [4.69, 9.17) is 0 Å².